The van der Waals surface area contributed by atoms with E-state index in [2.05, 4.69) is 0 Å². The topological polar surface area (TPSA) is 128 Å². The number of primary amides is 1. The average molecular weight is 342 g/mol. The maximum Gasteiger partial charge on any atom is 0.331 e. The van der Waals surface area contributed by atoms with Gasteiger partial charge in [0, 0.05) is 12.5 Å². The Kier molecular flexibility index (Phi) is 5.35. The molecule has 130 valence electrons. The summed E-state index contributed by atoms with van der Waals surface area (Å²) >= 11 is 0. The minimum absolute atomic E-state index is 0.293. The molecule has 0 radical (unpaired) electrons. The summed E-state index contributed by atoms with van der Waals surface area (Å²) in [4.78, 5) is 35.8. The standard InChI is InChI=1S/C17H18N4O4/c1-12(22)21(20-16(18)24)15(23)17(19,13-8-4-2-5-9-13)25-14-10-6-3-7-11-14/h2-11H,19H2,1H3,(H3,18,20,24). The Morgan fingerprint density at radius 2 is 1.52 bits per heavy atom. The molecule has 8 nitrogen and oxygen atoms in total. The van der Waals surface area contributed by atoms with Gasteiger partial charge >= 0.3 is 11.9 Å². The van der Waals surface area contributed by atoms with E-state index in [0.717, 1.165) is 6.92 Å². The number of hydrogen-bond donors (Lipinski definition) is 3. The first kappa shape index (κ1) is 18.0. The lowest BCUT2D eigenvalue weighted by atomic mass is 10.0. The molecule has 5 N–H and O–H groups in total. The second-order valence-corrected chi connectivity index (χ2v) is 5.15. The zero-order valence-corrected chi connectivity index (χ0v) is 13.5. The van der Waals surface area contributed by atoms with Crippen molar-refractivity contribution in [3.63, 3.8) is 0 Å². The minimum Gasteiger partial charge on any atom is -0.459 e. The number of carbonyl (C=O) groups excluding carboxylic acids is 3. The lowest BCUT2D eigenvalue weighted by Crippen LogP contribution is -2.62. The van der Waals surface area contributed by atoms with Gasteiger partial charge in [0.25, 0.3) is 5.72 Å². The van der Waals surface area contributed by atoms with Crippen molar-refractivity contribution in [2.45, 2.75) is 12.6 Å². The van der Waals surface area contributed by atoms with Crippen LogP contribution in [0.5, 0.6) is 5.75 Å². The van der Waals surface area contributed by atoms with Crippen LogP contribution < -0.4 is 21.6 Å². The molecule has 2 aromatic rings. The van der Waals surface area contributed by atoms with Crippen LogP contribution in [0.3, 0.4) is 0 Å². The SMILES string of the molecule is CC(=O)N(NC(N)=O)C(=O)C(N)(Oc1ccccc1)c1ccccc1. The molecule has 4 amide bonds. The fourth-order valence-corrected chi connectivity index (χ4v) is 2.14. The number of nitrogens with two attached hydrogens (primary N) is 2. The number of ether oxygens (including phenoxy) is 1. The van der Waals surface area contributed by atoms with Crippen molar-refractivity contribution < 1.29 is 19.1 Å². The van der Waals surface area contributed by atoms with Crippen molar-refractivity contribution in [2.24, 2.45) is 11.5 Å². The van der Waals surface area contributed by atoms with Gasteiger partial charge in [-0.2, -0.15) is 5.01 Å². The van der Waals surface area contributed by atoms with E-state index in [4.69, 9.17) is 16.2 Å². The number of amides is 4. The van der Waals surface area contributed by atoms with Crippen LogP contribution in [0.15, 0.2) is 60.7 Å². The molecule has 2 rings (SSSR count). The van der Waals surface area contributed by atoms with Gasteiger partial charge in [-0.15, -0.1) is 0 Å². The predicted octanol–water partition coefficient (Wildman–Crippen LogP) is 0.836. The van der Waals surface area contributed by atoms with Crippen LogP contribution in [-0.4, -0.2) is 22.9 Å². The Hall–Kier alpha value is -3.39. The van der Waals surface area contributed by atoms with Crippen molar-refractivity contribution in [1.82, 2.24) is 10.4 Å². The van der Waals surface area contributed by atoms with Crippen LogP contribution in [0.25, 0.3) is 0 Å². The first-order chi connectivity index (χ1) is 11.8. The molecule has 0 aliphatic rings. The highest BCUT2D eigenvalue weighted by Crippen LogP contribution is 2.25. The summed E-state index contributed by atoms with van der Waals surface area (Å²) in [6.07, 6.45) is 0. The molecule has 8 heteroatoms. The van der Waals surface area contributed by atoms with Crippen LogP contribution in [0.1, 0.15) is 12.5 Å². The third-order valence-corrected chi connectivity index (χ3v) is 3.28. The van der Waals surface area contributed by atoms with Crippen LogP contribution in [0, 0.1) is 0 Å². The molecule has 0 bridgehead atoms. The summed E-state index contributed by atoms with van der Waals surface area (Å²) in [6, 6.07) is 15.5. The normalized spacial score (nSPS) is 12.6. The monoisotopic (exact) mass is 342 g/mol. The molecule has 0 saturated carbocycles. The number of carbonyl (C=O) groups is 3. The van der Waals surface area contributed by atoms with Crippen LogP contribution in [-0.2, 0) is 15.3 Å². The first-order valence-corrected chi connectivity index (χ1v) is 7.34. The summed E-state index contributed by atoms with van der Waals surface area (Å²) in [5.41, 5.74) is 11.5. The number of benzene rings is 2. The predicted molar refractivity (Wildman–Crippen MR) is 89.6 cm³/mol. The molecule has 1 atom stereocenters. The molecule has 0 fully saturated rings. The Balaban J connectivity index is 2.48. The molecule has 2 aromatic carbocycles. The van der Waals surface area contributed by atoms with Crippen molar-refractivity contribution in [3.05, 3.63) is 66.2 Å². The quantitative estimate of drug-likeness (QED) is 0.560. The summed E-state index contributed by atoms with van der Waals surface area (Å²) in [5, 5.41) is 0.429. The van der Waals surface area contributed by atoms with E-state index >= 15 is 0 Å². The van der Waals surface area contributed by atoms with Gasteiger partial charge in [-0.25, -0.2) is 10.2 Å². The number of nitrogens with one attached hydrogen (secondary N) is 1. The van der Waals surface area contributed by atoms with E-state index in [9.17, 15) is 14.4 Å². The molecule has 0 aliphatic heterocycles. The van der Waals surface area contributed by atoms with E-state index in [1.165, 1.54) is 0 Å². The number of urea groups is 1. The van der Waals surface area contributed by atoms with Gasteiger partial charge in [-0.1, -0.05) is 48.5 Å². The van der Waals surface area contributed by atoms with E-state index in [1.54, 1.807) is 60.7 Å². The van der Waals surface area contributed by atoms with E-state index < -0.39 is 23.6 Å². The fourth-order valence-electron chi connectivity index (χ4n) is 2.14. The van der Waals surface area contributed by atoms with Crippen LogP contribution >= 0.6 is 0 Å². The van der Waals surface area contributed by atoms with Crippen molar-refractivity contribution in [1.29, 1.82) is 0 Å². The highest BCUT2D eigenvalue weighted by Gasteiger charge is 2.44. The molecule has 0 aliphatic carbocycles. The van der Waals surface area contributed by atoms with Crippen molar-refractivity contribution >= 4 is 17.8 Å². The first-order valence-electron chi connectivity index (χ1n) is 7.34. The maximum atomic E-state index is 12.9. The van der Waals surface area contributed by atoms with Gasteiger partial charge in [0.05, 0.1) is 0 Å². The third kappa shape index (κ3) is 4.12. The smallest absolute Gasteiger partial charge is 0.331 e. The second kappa shape index (κ2) is 7.45. The van der Waals surface area contributed by atoms with Crippen LogP contribution in [0.4, 0.5) is 4.79 Å². The van der Waals surface area contributed by atoms with E-state index in [-0.39, 0.29) is 0 Å². The largest absolute Gasteiger partial charge is 0.459 e. The number of hydrazine groups is 1. The van der Waals surface area contributed by atoms with Gasteiger partial charge in [0.1, 0.15) is 5.75 Å². The van der Waals surface area contributed by atoms with E-state index in [1.807, 2.05) is 5.43 Å². The van der Waals surface area contributed by atoms with E-state index in [0.29, 0.717) is 16.3 Å². The Bertz CT molecular complexity index is 767. The number of para-hydroxylation sites is 1. The molecule has 0 aromatic heterocycles. The highest BCUT2D eigenvalue weighted by atomic mass is 16.5. The molecule has 0 heterocycles. The lowest BCUT2D eigenvalue weighted by Gasteiger charge is -2.33. The number of rotatable bonds is 4. The molecule has 0 saturated heterocycles. The van der Waals surface area contributed by atoms with Crippen LogP contribution in [0.2, 0.25) is 0 Å². The molecule has 0 spiro atoms. The van der Waals surface area contributed by atoms with Gasteiger partial charge in [-0.3, -0.25) is 15.3 Å². The zero-order chi connectivity index (χ0) is 18.4. The lowest BCUT2D eigenvalue weighted by molar-refractivity contribution is -0.159. The summed E-state index contributed by atoms with van der Waals surface area (Å²) < 4.78 is 5.70. The summed E-state index contributed by atoms with van der Waals surface area (Å²) in [5.74, 6) is -1.45. The van der Waals surface area contributed by atoms with Gasteiger partial charge in [0.15, 0.2) is 0 Å². The van der Waals surface area contributed by atoms with Gasteiger partial charge in [0.2, 0.25) is 5.91 Å². The average Bonchev–Trinajstić information content (AvgIpc) is 2.60. The second-order valence-electron chi connectivity index (χ2n) is 5.15. The number of nitrogens with zero attached hydrogens (tertiary/aromatic N) is 1. The zero-order valence-electron chi connectivity index (χ0n) is 13.5. The van der Waals surface area contributed by atoms with Crippen molar-refractivity contribution in [2.75, 3.05) is 0 Å². The van der Waals surface area contributed by atoms with Gasteiger partial charge < -0.3 is 10.5 Å². The molecular weight excluding hydrogens is 324 g/mol. The highest BCUT2D eigenvalue weighted by molar-refractivity contribution is 6.00. The molecule has 25 heavy (non-hydrogen) atoms. The molecular formula is C17H18N4O4. The fraction of sp³-hybridized carbons (Fsp3) is 0.118. The third-order valence-electron chi connectivity index (χ3n) is 3.28. The summed E-state index contributed by atoms with van der Waals surface area (Å²) in [7, 11) is 0. The Morgan fingerprint density at radius 3 is 2.00 bits per heavy atom. The van der Waals surface area contributed by atoms with Crippen molar-refractivity contribution in [3.8, 4) is 5.75 Å². The number of imide groups is 1. The Morgan fingerprint density at radius 1 is 1.00 bits per heavy atom. The molecule has 1 unspecified atom stereocenters. The Labute approximate surface area is 144 Å². The van der Waals surface area contributed by atoms with Gasteiger partial charge in [-0.05, 0) is 12.1 Å². The minimum atomic E-state index is -2.06. The summed E-state index contributed by atoms with van der Waals surface area (Å²) in [6.45, 7) is 1.09. The maximum absolute atomic E-state index is 12.9. The number of hydrogen-bond acceptors (Lipinski definition) is 5.